The molecule has 1 atom stereocenters. The second-order valence-electron chi connectivity index (χ2n) is 3.08. The molecule has 15 heavy (non-hydrogen) atoms. The van der Waals surface area contributed by atoms with Crippen molar-refractivity contribution in [3.63, 3.8) is 0 Å². The predicted molar refractivity (Wildman–Crippen MR) is 67.9 cm³/mol. The maximum atomic E-state index is 5.87. The summed E-state index contributed by atoms with van der Waals surface area (Å²) in [6, 6.07) is 4.12. The van der Waals surface area contributed by atoms with Gasteiger partial charge in [0.05, 0.1) is 16.6 Å². The highest BCUT2D eigenvalue weighted by Crippen LogP contribution is 2.30. The van der Waals surface area contributed by atoms with Crippen LogP contribution in [-0.4, -0.2) is 4.98 Å². The molecule has 2 aromatic rings. The fourth-order valence-electron chi connectivity index (χ4n) is 1.17. The number of aromatic nitrogens is 1. The number of nitrogens with zero attached hydrogens (tertiary/aromatic N) is 1. The molecular weight excluding hydrogens is 250 g/mol. The summed E-state index contributed by atoms with van der Waals surface area (Å²) < 4.78 is 0.803. The molecule has 0 radical (unpaired) electrons. The lowest BCUT2D eigenvalue weighted by atomic mass is 10.3. The summed E-state index contributed by atoms with van der Waals surface area (Å²) in [5.41, 5.74) is 5.59. The predicted octanol–water partition coefficient (Wildman–Crippen LogP) is 3.61. The smallest absolute Gasteiger partial charge is 0.185 e. The largest absolute Gasteiger partial charge is 0.389 e. The van der Waals surface area contributed by atoms with Gasteiger partial charge in [-0.15, -0.1) is 11.3 Å². The Morgan fingerprint density at radius 1 is 1.47 bits per heavy atom. The maximum absolute atomic E-state index is 5.87. The third-order valence-corrected chi connectivity index (χ3v) is 4.06. The van der Waals surface area contributed by atoms with Gasteiger partial charge in [-0.2, -0.15) is 0 Å². The Morgan fingerprint density at radius 2 is 2.27 bits per heavy atom. The lowest BCUT2D eigenvalue weighted by Crippen LogP contribution is -2.03. The van der Waals surface area contributed by atoms with Crippen LogP contribution in [0.15, 0.2) is 18.3 Å². The van der Waals surface area contributed by atoms with Crippen molar-refractivity contribution in [2.24, 2.45) is 0 Å². The van der Waals surface area contributed by atoms with Crippen LogP contribution < -0.4 is 11.1 Å². The van der Waals surface area contributed by atoms with Gasteiger partial charge in [0, 0.05) is 4.88 Å². The third-order valence-electron chi connectivity index (χ3n) is 1.88. The molecule has 0 aliphatic heterocycles. The maximum Gasteiger partial charge on any atom is 0.185 e. The highest BCUT2D eigenvalue weighted by atomic mass is 35.5. The van der Waals surface area contributed by atoms with Crippen molar-refractivity contribution in [2.45, 2.75) is 13.0 Å². The molecular formula is C9H10ClN3S2. The summed E-state index contributed by atoms with van der Waals surface area (Å²) in [4.78, 5) is 5.33. The molecule has 3 N–H and O–H groups in total. The summed E-state index contributed by atoms with van der Waals surface area (Å²) in [6.07, 6.45) is 1.65. The van der Waals surface area contributed by atoms with Gasteiger partial charge in [-0.3, -0.25) is 0 Å². The number of anilines is 2. The van der Waals surface area contributed by atoms with E-state index in [2.05, 4.69) is 17.2 Å². The van der Waals surface area contributed by atoms with Crippen molar-refractivity contribution >= 4 is 44.4 Å². The number of rotatable bonds is 3. The first kappa shape index (κ1) is 10.7. The van der Waals surface area contributed by atoms with Gasteiger partial charge >= 0.3 is 0 Å². The second-order valence-corrected chi connectivity index (χ2v) is 5.88. The zero-order chi connectivity index (χ0) is 10.8. The average molecular weight is 260 g/mol. The van der Waals surface area contributed by atoms with Crippen molar-refractivity contribution in [1.82, 2.24) is 4.98 Å². The van der Waals surface area contributed by atoms with E-state index in [1.165, 1.54) is 16.2 Å². The van der Waals surface area contributed by atoms with E-state index < -0.39 is 0 Å². The lowest BCUT2D eigenvalue weighted by molar-refractivity contribution is 0.904. The van der Waals surface area contributed by atoms with E-state index in [1.54, 1.807) is 17.5 Å². The summed E-state index contributed by atoms with van der Waals surface area (Å²) in [5, 5.41) is 4.83. The molecule has 2 aromatic heterocycles. The Balaban J connectivity index is 2.06. The summed E-state index contributed by atoms with van der Waals surface area (Å²) in [5.74, 6) is 0. The van der Waals surface area contributed by atoms with Crippen LogP contribution in [0.25, 0.3) is 0 Å². The Morgan fingerprint density at radius 3 is 2.80 bits per heavy atom. The van der Waals surface area contributed by atoms with Gasteiger partial charge in [-0.1, -0.05) is 22.9 Å². The molecule has 0 bridgehead atoms. The van der Waals surface area contributed by atoms with Crippen molar-refractivity contribution in [3.8, 4) is 0 Å². The van der Waals surface area contributed by atoms with Gasteiger partial charge in [0.15, 0.2) is 5.13 Å². The summed E-state index contributed by atoms with van der Waals surface area (Å²) in [6.45, 7) is 2.07. The van der Waals surface area contributed by atoms with Crippen LogP contribution in [0.5, 0.6) is 0 Å². The molecule has 2 heterocycles. The van der Waals surface area contributed by atoms with E-state index in [0.717, 1.165) is 9.47 Å². The molecule has 0 aliphatic rings. The lowest BCUT2D eigenvalue weighted by Gasteiger charge is -2.09. The number of nitrogen functional groups attached to an aromatic ring is 1. The number of nitrogens with two attached hydrogens (primary N) is 1. The number of hydrogen-bond donors (Lipinski definition) is 2. The summed E-state index contributed by atoms with van der Waals surface area (Å²) in [7, 11) is 0. The zero-order valence-electron chi connectivity index (χ0n) is 8.03. The topological polar surface area (TPSA) is 50.9 Å². The van der Waals surface area contributed by atoms with E-state index >= 15 is 0 Å². The molecule has 1 unspecified atom stereocenters. The molecule has 6 heteroatoms. The number of nitrogens with one attached hydrogen (secondary N) is 1. The SMILES string of the molecule is CC(Nc1ncc(N)s1)c1ccc(Cl)s1. The fourth-order valence-corrected chi connectivity index (χ4v) is 2.90. The van der Waals surface area contributed by atoms with Crippen LogP contribution in [0.2, 0.25) is 4.34 Å². The van der Waals surface area contributed by atoms with Crippen molar-refractivity contribution in [3.05, 3.63) is 27.5 Å². The zero-order valence-corrected chi connectivity index (χ0v) is 10.4. The van der Waals surface area contributed by atoms with Crippen molar-refractivity contribution in [2.75, 3.05) is 11.1 Å². The number of halogens is 1. The Kier molecular flexibility index (Phi) is 3.14. The van der Waals surface area contributed by atoms with Crippen LogP contribution in [0.4, 0.5) is 10.1 Å². The first-order valence-electron chi connectivity index (χ1n) is 4.38. The molecule has 0 saturated heterocycles. The monoisotopic (exact) mass is 259 g/mol. The number of thiophene rings is 1. The van der Waals surface area contributed by atoms with E-state index in [0.29, 0.717) is 5.00 Å². The highest BCUT2D eigenvalue weighted by molar-refractivity contribution is 7.19. The average Bonchev–Trinajstić information content (AvgIpc) is 2.75. The van der Waals surface area contributed by atoms with Crippen molar-refractivity contribution in [1.29, 1.82) is 0 Å². The minimum atomic E-state index is 0.202. The highest BCUT2D eigenvalue weighted by Gasteiger charge is 2.09. The fraction of sp³-hybridized carbons (Fsp3) is 0.222. The van der Waals surface area contributed by atoms with Crippen LogP contribution >= 0.6 is 34.3 Å². The van der Waals surface area contributed by atoms with E-state index in [-0.39, 0.29) is 6.04 Å². The number of hydrogen-bond acceptors (Lipinski definition) is 5. The molecule has 3 nitrogen and oxygen atoms in total. The van der Waals surface area contributed by atoms with Gasteiger partial charge in [-0.05, 0) is 19.1 Å². The number of thiazole rings is 1. The molecule has 0 spiro atoms. The Hall–Kier alpha value is -0.780. The van der Waals surface area contributed by atoms with Gasteiger partial charge in [-0.25, -0.2) is 4.98 Å². The van der Waals surface area contributed by atoms with E-state index in [4.69, 9.17) is 17.3 Å². The first-order chi connectivity index (χ1) is 7.15. The quantitative estimate of drug-likeness (QED) is 0.885. The molecule has 0 aliphatic carbocycles. The van der Waals surface area contributed by atoms with Crippen LogP contribution in [0.3, 0.4) is 0 Å². The van der Waals surface area contributed by atoms with Gasteiger partial charge < -0.3 is 11.1 Å². The van der Waals surface area contributed by atoms with Gasteiger partial charge in [0.25, 0.3) is 0 Å². The minimum absolute atomic E-state index is 0.202. The molecule has 0 fully saturated rings. The van der Waals surface area contributed by atoms with Crippen LogP contribution in [-0.2, 0) is 0 Å². The molecule has 0 amide bonds. The normalized spacial score (nSPS) is 12.7. The van der Waals surface area contributed by atoms with E-state index in [1.807, 2.05) is 12.1 Å². The summed E-state index contributed by atoms with van der Waals surface area (Å²) >= 11 is 8.88. The molecule has 0 saturated carbocycles. The van der Waals surface area contributed by atoms with Crippen LogP contribution in [0, 0.1) is 0 Å². The molecule has 0 aromatic carbocycles. The second kappa shape index (κ2) is 4.38. The van der Waals surface area contributed by atoms with E-state index in [9.17, 15) is 0 Å². The standard InChI is InChI=1S/C9H10ClN3S2/c1-5(6-2-3-7(10)14-6)13-9-12-4-8(11)15-9/h2-5H,11H2,1H3,(H,12,13). The molecule has 80 valence electrons. The van der Waals surface area contributed by atoms with Gasteiger partial charge in [0.1, 0.15) is 5.00 Å². The third kappa shape index (κ3) is 2.62. The Labute approximate surface area is 101 Å². The first-order valence-corrected chi connectivity index (χ1v) is 6.39. The molecule has 2 rings (SSSR count). The van der Waals surface area contributed by atoms with Gasteiger partial charge in [0.2, 0.25) is 0 Å². The Bertz CT molecular complexity index is 452. The van der Waals surface area contributed by atoms with Crippen molar-refractivity contribution < 1.29 is 0 Å². The van der Waals surface area contributed by atoms with Crippen LogP contribution in [0.1, 0.15) is 17.8 Å². The minimum Gasteiger partial charge on any atom is -0.389 e.